The Bertz CT molecular complexity index is 950. The van der Waals surface area contributed by atoms with Gasteiger partial charge < -0.3 is 4.40 Å². The fraction of sp³-hybridized carbons (Fsp3) is 0.235. The summed E-state index contributed by atoms with van der Waals surface area (Å²) in [6.45, 7) is 4.31. The van der Waals surface area contributed by atoms with Crippen LogP contribution in [0.15, 0.2) is 49.2 Å². The van der Waals surface area contributed by atoms with Gasteiger partial charge >= 0.3 is 0 Å². The molecule has 4 aromatic heterocycles. The van der Waals surface area contributed by atoms with E-state index in [1.807, 2.05) is 16.8 Å². The summed E-state index contributed by atoms with van der Waals surface area (Å²) in [7, 11) is 0. The van der Waals surface area contributed by atoms with Crippen LogP contribution in [0.25, 0.3) is 11.3 Å². The first kappa shape index (κ1) is 13.0. The summed E-state index contributed by atoms with van der Waals surface area (Å²) in [6.07, 6.45) is 8.76. The lowest BCUT2D eigenvalue weighted by molar-refractivity contribution is 0.734. The van der Waals surface area contributed by atoms with Crippen molar-refractivity contribution in [2.75, 3.05) is 0 Å². The van der Waals surface area contributed by atoms with E-state index in [0.29, 0.717) is 5.92 Å². The average Bonchev–Trinajstić information content (AvgIpc) is 3.11. The zero-order valence-corrected chi connectivity index (χ0v) is 12.6. The van der Waals surface area contributed by atoms with Crippen molar-refractivity contribution in [3.63, 3.8) is 0 Å². The molecule has 0 saturated heterocycles. The smallest absolute Gasteiger partial charge is 0.155 e. The molecule has 1 unspecified atom stereocenters. The number of aromatic nitrogens is 5. The van der Waals surface area contributed by atoms with Crippen molar-refractivity contribution in [1.82, 2.24) is 24.0 Å². The number of nitrogens with zero attached hydrogens (tertiary/aromatic N) is 5. The maximum atomic E-state index is 4.70. The van der Waals surface area contributed by atoms with E-state index in [9.17, 15) is 0 Å². The Morgan fingerprint density at radius 3 is 2.82 bits per heavy atom. The maximum Gasteiger partial charge on any atom is 0.155 e. The van der Waals surface area contributed by atoms with Gasteiger partial charge in [0.25, 0.3) is 0 Å². The Morgan fingerprint density at radius 1 is 1.05 bits per heavy atom. The molecule has 0 amide bonds. The van der Waals surface area contributed by atoms with Gasteiger partial charge in [-0.1, -0.05) is 19.1 Å². The van der Waals surface area contributed by atoms with Crippen LogP contribution in [0.1, 0.15) is 29.7 Å². The molecule has 0 bridgehead atoms. The highest BCUT2D eigenvalue weighted by Crippen LogP contribution is 2.20. The Labute approximate surface area is 128 Å². The highest BCUT2D eigenvalue weighted by atomic mass is 15.3. The molecule has 0 radical (unpaired) electrons. The molecular weight excluding hydrogens is 274 g/mol. The van der Waals surface area contributed by atoms with E-state index in [-0.39, 0.29) is 0 Å². The Kier molecular flexibility index (Phi) is 2.92. The Balaban J connectivity index is 1.62. The van der Waals surface area contributed by atoms with Crippen molar-refractivity contribution in [2.45, 2.75) is 26.2 Å². The van der Waals surface area contributed by atoms with Crippen LogP contribution in [0.2, 0.25) is 0 Å². The first-order chi connectivity index (χ1) is 10.7. The average molecular weight is 291 g/mol. The van der Waals surface area contributed by atoms with Crippen molar-refractivity contribution in [3.05, 3.63) is 66.0 Å². The third kappa shape index (κ3) is 2.24. The second kappa shape index (κ2) is 4.94. The molecule has 0 saturated carbocycles. The first-order valence-corrected chi connectivity index (χ1v) is 7.42. The van der Waals surface area contributed by atoms with Crippen LogP contribution < -0.4 is 0 Å². The number of hydrogen-bond donors (Lipinski definition) is 0. The molecule has 5 nitrogen and oxygen atoms in total. The summed E-state index contributed by atoms with van der Waals surface area (Å²) in [6, 6.07) is 8.28. The molecule has 4 rings (SSSR count). The lowest BCUT2D eigenvalue weighted by Crippen LogP contribution is -2.01. The third-order valence-electron chi connectivity index (χ3n) is 4.03. The fourth-order valence-corrected chi connectivity index (χ4v) is 2.81. The molecule has 0 aliphatic rings. The van der Waals surface area contributed by atoms with Gasteiger partial charge in [-0.15, -0.1) is 0 Å². The second-order valence-corrected chi connectivity index (χ2v) is 5.83. The molecule has 5 heteroatoms. The third-order valence-corrected chi connectivity index (χ3v) is 4.03. The summed E-state index contributed by atoms with van der Waals surface area (Å²) in [5.74, 6) is 0.375. The van der Waals surface area contributed by atoms with Crippen molar-refractivity contribution < 1.29 is 0 Å². The predicted molar refractivity (Wildman–Crippen MR) is 85.0 cm³/mol. The van der Waals surface area contributed by atoms with Crippen molar-refractivity contribution in [2.24, 2.45) is 0 Å². The van der Waals surface area contributed by atoms with Crippen LogP contribution in [-0.2, 0) is 6.42 Å². The number of fused-ring (bicyclic) bond motifs is 2. The van der Waals surface area contributed by atoms with E-state index < -0.39 is 0 Å². The van der Waals surface area contributed by atoms with Gasteiger partial charge in [0.2, 0.25) is 0 Å². The molecule has 4 heterocycles. The zero-order valence-electron chi connectivity index (χ0n) is 12.6. The number of hydrogen-bond acceptors (Lipinski definition) is 3. The predicted octanol–water partition coefficient (Wildman–Crippen LogP) is 3.03. The number of rotatable bonds is 3. The van der Waals surface area contributed by atoms with Gasteiger partial charge in [-0.25, -0.2) is 14.5 Å². The van der Waals surface area contributed by atoms with Crippen LogP contribution in [0.5, 0.6) is 0 Å². The maximum absolute atomic E-state index is 4.70. The molecule has 0 fully saturated rings. The minimum absolute atomic E-state index is 0.375. The minimum Gasteiger partial charge on any atom is -0.307 e. The van der Waals surface area contributed by atoms with Gasteiger partial charge in [0.1, 0.15) is 12.0 Å². The summed E-state index contributed by atoms with van der Waals surface area (Å²) < 4.78 is 3.91. The number of imidazole rings is 1. The quantitative estimate of drug-likeness (QED) is 0.583. The van der Waals surface area contributed by atoms with Crippen LogP contribution in [-0.4, -0.2) is 24.0 Å². The van der Waals surface area contributed by atoms with E-state index in [1.165, 1.54) is 11.1 Å². The van der Waals surface area contributed by atoms with Crippen molar-refractivity contribution in [3.8, 4) is 0 Å². The molecule has 0 aliphatic carbocycles. The summed E-state index contributed by atoms with van der Waals surface area (Å²) in [4.78, 5) is 8.88. The molecule has 1 atom stereocenters. The fourth-order valence-electron chi connectivity index (χ4n) is 2.81. The molecule has 0 N–H and O–H groups in total. The van der Waals surface area contributed by atoms with Crippen molar-refractivity contribution in [1.29, 1.82) is 0 Å². The van der Waals surface area contributed by atoms with Crippen LogP contribution in [0, 0.1) is 6.92 Å². The molecule has 22 heavy (non-hydrogen) atoms. The van der Waals surface area contributed by atoms with Crippen LogP contribution >= 0.6 is 0 Å². The van der Waals surface area contributed by atoms with Gasteiger partial charge in [0, 0.05) is 18.6 Å². The lowest BCUT2D eigenvalue weighted by Gasteiger charge is -2.10. The molecule has 4 aromatic rings. The van der Waals surface area contributed by atoms with Crippen LogP contribution in [0.3, 0.4) is 0 Å². The molecular formula is C17H17N5. The van der Waals surface area contributed by atoms with E-state index in [0.717, 1.165) is 23.4 Å². The van der Waals surface area contributed by atoms with E-state index in [4.69, 9.17) is 4.98 Å². The van der Waals surface area contributed by atoms with Crippen LogP contribution in [0.4, 0.5) is 0 Å². The molecule has 0 aliphatic heterocycles. The summed E-state index contributed by atoms with van der Waals surface area (Å²) in [5, 5.41) is 4.20. The minimum atomic E-state index is 0.375. The molecule has 0 aromatic carbocycles. The summed E-state index contributed by atoms with van der Waals surface area (Å²) in [5.41, 5.74) is 5.46. The Hall–Kier alpha value is -2.69. The topological polar surface area (TPSA) is 47.5 Å². The lowest BCUT2D eigenvalue weighted by atomic mass is 9.98. The van der Waals surface area contributed by atoms with Gasteiger partial charge in [-0.3, -0.25) is 0 Å². The number of aryl methyl sites for hydroxylation is 1. The Morgan fingerprint density at radius 2 is 1.91 bits per heavy atom. The first-order valence-electron chi connectivity index (χ1n) is 7.42. The van der Waals surface area contributed by atoms with Gasteiger partial charge in [0.05, 0.1) is 5.69 Å². The molecule has 110 valence electrons. The highest BCUT2D eigenvalue weighted by molar-refractivity contribution is 5.42. The SMILES string of the molecule is Cc1ccc2nc(CC(C)c3ccc4ncnn4c3)cn2c1. The standard InChI is InChI=1S/C17H17N5/c1-12-3-5-17-20-15(10-21(17)8-12)7-13(2)14-4-6-16-18-11-19-22(16)9-14/h3-6,8-11,13H,7H2,1-2H3. The second-order valence-electron chi connectivity index (χ2n) is 5.83. The van der Waals surface area contributed by atoms with Gasteiger partial charge in [0.15, 0.2) is 5.65 Å². The van der Waals surface area contributed by atoms with E-state index in [2.05, 4.69) is 58.9 Å². The van der Waals surface area contributed by atoms with Gasteiger partial charge in [-0.05, 0) is 42.5 Å². The molecule has 0 spiro atoms. The van der Waals surface area contributed by atoms with E-state index >= 15 is 0 Å². The summed E-state index contributed by atoms with van der Waals surface area (Å²) >= 11 is 0. The zero-order chi connectivity index (χ0) is 15.1. The number of pyridine rings is 2. The van der Waals surface area contributed by atoms with Crippen molar-refractivity contribution >= 4 is 11.3 Å². The normalized spacial score (nSPS) is 13.0. The highest BCUT2D eigenvalue weighted by Gasteiger charge is 2.11. The largest absolute Gasteiger partial charge is 0.307 e. The van der Waals surface area contributed by atoms with Gasteiger partial charge in [-0.2, -0.15) is 5.10 Å². The monoisotopic (exact) mass is 291 g/mol. The van der Waals surface area contributed by atoms with E-state index in [1.54, 1.807) is 6.33 Å².